The van der Waals surface area contributed by atoms with Gasteiger partial charge in [-0.05, 0) is 48.7 Å². The topological polar surface area (TPSA) is 58.6 Å². The molecule has 0 heterocycles. The fourth-order valence-electron chi connectivity index (χ4n) is 2.78. The Labute approximate surface area is 165 Å². The van der Waals surface area contributed by atoms with E-state index in [-0.39, 0.29) is 24.1 Å². The van der Waals surface area contributed by atoms with E-state index in [9.17, 15) is 14.0 Å². The van der Waals surface area contributed by atoms with E-state index in [1.807, 2.05) is 31.2 Å². The molecule has 0 radical (unpaired) electrons. The van der Waals surface area contributed by atoms with Crippen molar-refractivity contribution in [1.82, 2.24) is 10.2 Å². The summed E-state index contributed by atoms with van der Waals surface area (Å²) in [6.45, 7) is 4.55. The van der Waals surface area contributed by atoms with Crippen molar-refractivity contribution in [2.24, 2.45) is 0 Å². The number of carbonyl (C=O) groups excluding carboxylic acids is 2. The van der Waals surface area contributed by atoms with Crippen molar-refractivity contribution in [3.63, 3.8) is 0 Å². The first-order valence-corrected chi connectivity index (χ1v) is 9.39. The van der Waals surface area contributed by atoms with Crippen LogP contribution in [0.5, 0.6) is 5.75 Å². The van der Waals surface area contributed by atoms with Crippen LogP contribution < -0.4 is 10.1 Å². The van der Waals surface area contributed by atoms with Gasteiger partial charge in [0, 0.05) is 13.1 Å². The van der Waals surface area contributed by atoms with Crippen molar-refractivity contribution in [2.75, 3.05) is 13.7 Å². The summed E-state index contributed by atoms with van der Waals surface area (Å²) in [5, 5.41) is 2.84. The lowest BCUT2D eigenvalue weighted by Gasteiger charge is -2.29. The maximum absolute atomic E-state index is 13.1. The zero-order valence-electron chi connectivity index (χ0n) is 16.6. The van der Waals surface area contributed by atoms with Gasteiger partial charge >= 0.3 is 0 Å². The Kier molecular flexibility index (Phi) is 7.99. The Balaban J connectivity index is 2.18. The monoisotopic (exact) mass is 386 g/mol. The lowest BCUT2D eigenvalue weighted by atomic mass is 10.1. The molecular formula is C22H27FN2O3. The molecule has 1 atom stereocenters. The Bertz CT molecular complexity index is 775. The molecule has 0 aliphatic carbocycles. The highest BCUT2D eigenvalue weighted by atomic mass is 19.1. The van der Waals surface area contributed by atoms with Crippen molar-refractivity contribution in [3.8, 4) is 5.75 Å². The standard InChI is InChI=1S/C22H27FN2O3/c1-4-13-24-22(27)16(2)25(15-18-7-11-20(28-3)12-8-18)21(26)14-17-5-9-19(23)10-6-17/h5-12,16H,4,13-15H2,1-3H3,(H,24,27)/t16-/m0/s1. The van der Waals surface area contributed by atoms with Crippen LogP contribution in [-0.4, -0.2) is 36.4 Å². The lowest BCUT2D eigenvalue weighted by Crippen LogP contribution is -2.48. The zero-order valence-corrected chi connectivity index (χ0v) is 16.6. The first-order valence-electron chi connectivity index (χ1n) is 9.39. The molecule has 2 rings (SSSR count). The number of methoxy groups -OCH3 is 1. The quantitative estimate of drug-likeness (QED) is 0.719. The maximum Gasteiger partial charge on any atom is 0.242 e. The summed E-state index contributed by atoms with van der Waals surface area (Å²) in [5.41, 5.74) is 1.59. The van der Waals surface area contributed by atoms with Gasteiger partial charge in [0.2, 0.25) is 11.8 Å². The number of nitrogens with zero attached hydrogens (tertiary/aromatic N) is 1. The van der Waals surface area contributed by atoms with Crippen LogP contribution >= 0.6 is 0 Å². The number of rotatable bonds is 9. The third-order valence-corrected chi connectivity index (χ3v) is 4.50. The number of hydrogen-bond acceptors (Lipinski definition) is 3. The van der Waals surface area contributed by atoms with Crippen molar-refractivity contribution in [3.05, 3.63) is 65.5 Å². The van der Waals surface area contributed by atoms with Gasteiger partial charge in [-0.1, -0.05) is 31.2 Å². The van der Waals surface area contributed by atoms with Gasteiger partial charge in [0.1, 0.15) is 17.6 Å². The minimum absolute atomic E-state index is 0.0990. The number of ether oxygens (including phenoxy) is 1. The summed E-state index contributed by atoms with van der Waals surface area (Å²) < 4.78 is 18.3. The SMILES string of the molecule is CCCNC(=O)[C@H](C)N(Cc1ccc(OC)cc1)C(=O)Cc1ccc(F)cc1. The fraction of sp³-hybridized carbons (Fsp3) is 0.364. The minimum atomic E-state index is -0.624. The molecule has 0 bridgehead atoms. The normalized spacial score (nSPS) is 11.6. The molecule has 0 unspecified atom stereocenters. The summed E-state index contributed by atoms with van der Waals surface area (Å²) >= 11 is 0. The highest BCUT2D eigenvalue weighted by Gasteiger charge is 2.26. The molecule has 2 aromatic carbocycles. The number of amides is 2. The molecule has 2 amide bonds. The molecular weight excluding hydrogens is 359 g/mol. The van der Waals surface area contributed by atoms with Crippen molar-refractivity contribution >= 4 is 11.8 Å². The van der Waals surface area contributed by atoms with Crippen molar-refractivity contribution in [2.45, 2.75) is 39.3 Å². The second kappa shape index (κ2) is 10.4. The minimum Gasteiger partial charge on any atom is -0.497 e. The van der Waals surface area contributed by atoms with Crippen LogP contribution in [0.15, 0.2) is 48.5 Å². The van der Waals surface area contributed by atoms with Crippen LogP contribution in [0.2, 0.25) is 0 Å². The second-order valence-electron chi connectivity index (χ2n) is 6.64. The van der Waals surface area contributed by atoms with Gasteiger partial charge in [-0.3, -0.25) is 9.59 Å². The molecule has 0 saturated carbocycles. The Morgan fingerprint density at radius 3 is 2.25 bits per heavy atom. The first kappa shape index (κ1) is 21.4. The Morgan fingerprint density at radius 1 is 1.07 bits per heavy atom. The second-order valence-corrected chi connectivity index (χ2v) is 6.64. The Hall–Kier alpha value is -2.89. The number of halogens is 1. The van der Waals surface area contributed by atoms with Gasteiger partial charge in [0.25, 0.3) is 0 Å². The molecule has 150 valence electrons. The molecule has 0 saturated heterocycles. The smallest absolute Gasteiger partial charge is 0.242 e. The zero-order chi connectivity index (χ0) is 20.5. The number of carbonyl (C=O) groups is 2. The van der Waals surface area contributed by atoms with Crippen LogP contribution in [0.25, 0.3) is 0 Å². The maximum atomic E-state index is 13.1. The summed E-state index contributed by atoms with van der Waals surface area (Å²) in [6.07, 6.45) is 0.919. The van der Waals surface area contributed by atoms with Gasteiger partial charge in [0.05, 0.1) is 13.5 Å². The van der Waals surface area contributed by atoms with E-state index in [1.54, 1.807) is 31.1 Å². The summed E-state index contributed by atoms with van der Waals surface area (Å²) in [6, 6.07) is 12.6. The van der Waals surface area contributed by atoms with Crippen LogP contribution in [0, 0.1) is 5.82 Å². The average Bonchev–Trinajstić information content (AvgIpc) is 2.71. The van der Waals surface area contributed by atoms with E-state index in [0.717, 1.165) is 17.7 Å². The van der Waals surface area contributed by atoms with Crippen LogP contribution in [0.1, 0.15) is 31.4 Å². The molecule has 2 aromatic rings. The summed E-state index contributed by atoms with van der Waals surface area (Å²) in [5.74, 6) is -0.00957. The highest BCUT2D eigenvalue weighted by molar-refractivity contribution is 5.88. The van der Waals surface area contributed by atoms with Crippen LogP contribution in [0.4, 0.5) is 4.39 Å². The van der Waals surface area contributed by atoms with Gasteiger partial charge in [-0.25, -0.2) is 4.39 Å². The Morgan fingerprint density at radius 2 is 1.68 bits per heavy atom. The highest BCUT2D eigenvalue weighted by Crippen LogP contribution is 2.16. The third kappa shape index (κ3) is 6.08. The fourth-order valence-corrected chi connectivity index (χ4v) is 2.78. The summed E-state index contributed by atoms with van der Waals surface area (Å²) in [7, 11) is 1.59. The molecule has 5 nitrogen and oxygen atoms in total. The van der Waals surface area contributed by atoms with Crippen LogP contribution in [0.3, 0.4) is 0 Å². The predicted molar refractivity (Wildman–Crippen MR) is 106 cm³/mol. The van der Waals surface area contributed by atoms with E-state index in [4.69, 9.17) is 4.74 Å². The first-order chi connectivity index (χ1) is 13.4. The van der Waals surface area contributed by atoms with E-state index in [1.165, 1.54) is 12.1 Å². The van der Waals surface area contributed by atoms with E-state index in [2.05, 4.69) is 5.32 Å². The molecule has 0 aliphatic rings. The molecule has 28 heavy (non-hydrogen) atoms. The van der Waals surface area contributed by atoms with Gasteiger partial charge in [0.15, 0.2) is 0 Å². The predicted octanol–water partition coefficient (Wildman–Crippen LogP) is 3.32. The van der Waals surface area contributed by atoms with Gasteiger partial charge < -0.3 is 15.0 Å². The molecule has 1 N–H and O–H groups in total. The molecule has 0 aliphatic heterocycles. The number of benzene rings is 2. The van der Waals surface area contributed by atoms with E-state index >= 15 is 0 Å². The van der Waals surface area contributed by atoms with Gasteiger partial charge in [-0.2, -0.15) is 0 Å². The molecule has 6 heteroatoms. The lowest BCUT2D eigenvalue weighted by molar-refractivity contribution is -0.140. The largest absolute Gasteiger partial charge is 0.497 e. The summed E-state index contributed by atoms with van der Waals surface area (Å²) in [4.78, 5) is 27.0. The number of hydrogen-bond donors (Lipinski definition) is 1. The van der Waals surface area contributed by atoms with Crippen molar-refractivity contribution < 1.29 is 18.7 Å². The van der Waals surface area contributed by atoms with Crippen LogP contribution in [-0.2, 0) is 22.6 Å². The molecule has 0 spiro atoms. The van der Waals surface area contributed by atoms with E-state index < -0.39 is 6.04 Å². The van der Waals surface area contributed by atoms with Gasteiger partial charge in [-0.15, -0.1) is 0 Å². The third-order valence-electron chi connectivity index (χ3n) is 4.50. The van der Waals surface area contributed by atoms with Crippen molar-refractivity contribution in [1.29, 1.82) is 0 Å². The number of nitrogens with one attached hydrogen (secondary N) is 1. The van der Waals surface area contributed by atoms with E-state index in [0.29, 0.717) is 18.7 Å². The molecule has 0 fully saturated rings. The average molecular weight is 386 g/mol. The molecule has 0 aromatic heterocycles.